The summed E-state index contributed by atoms with van der Waals surface area (Å²) in [5, 5.41) is 10.0. The van der Waals surface area contributed by atoms with Crippen molar-refractivity contribution in [1.82, 2.24) is 9.21 Å². The number of carbonyl (C=O) groups is 2. The number of amides is 1. The first-order valence-corrected chi connectivity index (χ1v) is 11.0. The lowest BCUT2D eigenvalue weighted by atomic mass is 10.1. The number of ether oxygens (including phenoxy) is 1. The number of hydrogen-bond acceptors (Lipinski definition) is 6. The molecule has 164 valence electrons. The van der Waals surface area contributed by atoms with E-state index >= 15 is 0 Å². The van der Waals surface area contributed by atoms with E-state index in [2.05, 4.69) is 13.2 Å². The van der Waals surface area contributed by atoms with Gasteiger partial charge in [-0.15, -0.1) is 13.2 Å². The maximum Gasteiger partial charge on any atom is 0.325 e. The molecule has 2 rings (SSSR count). The van der Waals surface area contributed by atoms with Crippen LogP contribution < -0.4 is 0 Å². The minimum atomic E-state index is -4.03. The van der Waals surface area contributed by atoms with Gasteiger partial charge in [0.25, 0.3) is 5.91 Å². The molecule has 1 heterocycles. The molecule has 8 nitrogen and oxygen atoms in total. The van der Waals surface area contributed by atoms with E-state index in [-0.39, 0.29) is 31.0 Å². The number of aryl methyl sites for hydroxylation is 2. The number of sulfonamides is 1. The molecule has 1 aliphatic rings. The first-order chi connectivity index (χ1) is 14.1. The van der Waals surface area contributed by atoms with E-state index in [1.807, 2.05) is 6.92 Å². The minimum absolute atomic E-state index is 0.0386. The van der Waals surface area contributed by atoms with Crippen molar-refractivity contribution < 1.29 is 27.9 Å². The minimum Gasteiger partial charge on any atom is -0.454 e. The molecule has 0 bridgehead atoms. The highest BCUT2D eigenvalue weighted by molar-refractivity contribution is 7.89. The van der Waals surface area contributed by atoms with Crippen LogP contribution in [0.4, 0.5) is 0 Å². The summed E-state index contributed by atoms with van der Waals surface area (Å²) in [6, 6.07) is 3.49. The van der Waals surface area contributed by atoms with Gasteiger partial charge in [-0.3, -0.25) is 9.59 Å². The lowest BCUT2D eigenvalue weighted by Gasteiger charge is -2.24. The number of rotatable bonds is 9. The van der Waals surface area contributed by atoms with Crippen LogP contribution in [0.1, 0.15) is 17.5 Å². The zero-order valence-electron chi connectivity index (χ0n) is 17.3. The van der Waals surface area contributed by atoms with Gasteiger partial charge in [0.05, 0.1) is 11.0 Å². The summed E-state index contributed by atoms with van der Waals surface area (Å²) < 4.78 is 32.2. The Balaban J connectivity index is 2.16. The van der Waals surface area contributed by atoms with Crippen LogP contribution in [0.5, 0.6) is 0 Å². The average Bonchev–Trinajstić information content (AvgIpc) is 3.10. The molecule has 2 atom stereocenters. The molecule has 30 heavy (non-hydrogen) atoms. The van der Waals surface area contributed by atoms with Crippen molar-refractivity contribution in [2.75, 3.05) is 26.2 Å². The summed E-state index contributed by atoms with van der Waals surface area (Å²) in [6.07, 6.45) is 1.97. The Morgan fingerprint density at radius 3 is 2.43 bits per heavy atom. The quantitative estimate of drug-likeness (QED) is 0.460. The van der Waals surface area contributed by atoms with E-state index in [4.69, 9.17) is 4.74 Å². The first kappa shape index (κ1) is 23.8. The highest BCUT2D eigenvalue weighted by Crippen LogP contribution is 2.28. The van der Waals surface area contributed by atoms with Crippen LogP contribution in [0, 0.1) is 13.8 Å². The van der Waals surface area contributed by atoms with E-state index in [9.17, 15) is 23.1 Å². The second-order valence-corrected chi connectivity index (χ2v) is 9.10. The van der Waals surface area contributed by atoms with Crippen molar-refractivity contribution in [2.24, 2.45) is 0 Å². The van der Waals surface area contributed by atoms with Gasteiger partial charge in [-0.05, 0) is 37.1 Å². The number of hydrogen-bond donors (Lipinski definition) is 1. The predicted octanol–water partition coefficient (Wildman–Crippen LogP) is 1.17. The number of β-amino-alcohol motifs (C(OH)–C–C–N with tert-alkyl or cyclic N) is 1. The molecule has 9 heteroatoms. The third-order valence-corrected chi connectivity index (χ3v) is 6.85. The Kier molecular flexibility index (Phi) is 7.94. The predicted molar refractivity (Wildman–Crippen MR) is 112 cm³/mol. The van der Waals surface area contributed by atoms with Crippen molar-refractivity contribution in [1.29, 1.82) is 0 Å². The van der Waals surface area contributed by atoms with Crippen LogP contribution in [-0.2, 0) is 24.3 Å². The summed E-state index contributed by atoms with van der Waals surface area (Å²) in [5.74, 6) is -1.32. The van der Waals surface area contributed by atoms with Gasteiger partial charge in [0.15, 0.2) is 6.61 Å². The van der Waals surface area contributed by atoms with E-state index in [0.717, 1.165) is 15.4 Å². The van der Waals surface area contributed by atoms with Crippen LogP contribution in [-0.4, -0.2) is 73.0 Å². The number of esters is 1. The van der Waals surface area contributed by atoms with Crippen molar-refractivity contribution in [3.63, 3.8) is 0 Å². The van der Waals surface area contributed by atoms with Crippen molar-refractivity contribution in [2.45, 2.75) is 37.3 Å². The third-order valence-electron chi connectivity index (χ3n) is 4.98. The monoisotopic (exact) mass is 436 g/mol. The van der Waals surface area contributed by atoms with Crippen LogP contribution in [0.15, 0.2) is 48.4 Å². The summed E-state index contributed by atoms with van der Waals surface area (Å²) in [4.78, 5) is 26.3. The van der Waals surface area contributed by atoms with E-state index < -0.39 is 40.7 Å². The number of aliphatic hydroxyl groups excluding tert-OH is 1. The fourth-order valence-corrected chi connectivity index (χ4v) is 4.90. The lowest BCUT2D eigenvalue weighted by Crippen LogP contribution is -2.43. The van der Waals surface area contributed by atoms with Gasteiger partial charge in [0.1, 0.15) is 6.04 Å². The topological polar surface area (TPSA) is 104 Å². The molecule has 1 N–H and O–H groups in total. The number of aliphatic hydroxyl groups is 1. The maximum atomic E-state index is 13.1. The molecule has 0 radical (unpaired) electrons. The standard InChI is InChI=1S/C21H28N2O6S/c1-5-9-22(10-6-2)20(25)14-29-21(26)19-12-17(24)13-23(19)30(27,28)18-8-7-15(3)16(4)11-18/h5-8,11,17,19,24H,1-2,9-10,12-14H2,3-4H3/t17?,19-/m0/s1. The van der Waals surface area contributed by atoms with Gasteiger partial charge in [-0.2, -0.15) is 4.31 Å². The molecule has 1 amide bonds. The highest BCUT2D eigenvalue weighted by atomic mass is 32.2. The molecule has 0 spiro atoms. The third kappa shape index (κ3) is 5.35. The molecule has 1 aromatic carbocycles. The fraction of sp³-hybridized carbons (Fsp3) is 0.429. The molecule has 0 aliphatic carbocycles. The van der Waals surface area contributed by atoms with Crippen LogP contribution in [0.25, 0.3) is 0 Å². The van der Waals surface area contributed by atoms with Gasteiger partial charge in [0, 0.05) is 26.1 Å². The summed E-state index contributed by atoms with van der Waals surface area (Å²) in [6.45, 7) is 10.6. The number of carbonyl (C=O) groups excluding carboxylic acids is 2. The largest absolute Gasteiger partial charge is 0.454 e. The summed E-state index contributed by atoms with van der Waals surface area (Å²) >= 11 is 0. The van der Waals surface area contributed by atoms with Gasteiger partial charge < -0.3 is 14.7 Å². The Hall–Kier alpha value is -2.49. The Bertz CT molecular complexity index is 917. The van der Waals surface area contributed by atoms with Crippen molar-refractivity contribution >= 4 is 21.9 Å². The van der Waals surface area contributed by atoms with E-state index in [0.29, 0.717) is 0 Å². The van der Waals surface area contributed by atoms with Gasteiger partial charge in [-0.1, -0.05) is 18.2 Å². The molecule has 1 aromatic rings. The fourth-order valence-electron chi connectivity index (χ4n) is 3.18. The van der Waals surface area contributed by atoms with Crippen molar-refractivity contribution in [3.05, 3.63) is 54.6 Å². The summed E-state index contributed by atoms with van der Waals surface area (Å²) in [5.41, 5.74) is 1.73. The number of nitrogens with zero attached hydrogens (tertiary/aromatic N) is 2. The first-order valence-electron chi connectivity index (χ1n) is 9.55. The second kappa shape index (κ2) is 10.0. The average molecular weight is 437 g/mol. The Morgan fingerprint density at radius 2 is 1.87 bits per heavy atom. The highest BCUT2D eigenvalue weighted by Gasteiger charge is 2.44. The second-order valence-electron chi connectivity index (χ2n) is 7.21. The molecule has 0 saturated carbocycles. The Morgan fingerprint density at radius 1 is 1.23 bits per heavy atom. The Labute approximate surface area is 177 Å². The van der Waals surface area contributed by atoms with E-state index in [1.54, 1.807) is 13.0 Å². The van der Waals surface area contributed by atoms with E-state index in [1.165, 1.54) is 29.2 Å². The summed E-state index contributed by atoms with van der Waals surface area (Å²) in [7, 11) is -4.03. The van der Waals surface area contributed by atoms with Gasteiger partial charge >= 0.3 is 5.97 Å². The zero-order valence-corrected chi connectivity index (χ0v) is 18.1. The number of benzene rings is 1. The van der Waals surface area contributed by atoms with Gasteiger partial charge in [-0.25, -0.2) is 8.42 Å². The SMILES string of the molecule is C=CCN(CC=C)C(=O)COC(=O)[C@@H]1CC(O)CN1S(=O)(=O)c1ccc(C)c(C)c1. The molecular formula is C21H28N2O6S. The lowest BCUT2D eigenvalue weighted by molar-refractivity contribution is -0.154. The molecule has 1 fully saturated rings. The van der Waals surface area contributed by atoms with Crippen molar-refractivity contribution in [3.8, 4) is 0 Å². The van der Waals surface area contributed by atoms with Crippen LogP contribution >= 0.6 is 0 Å². The molecule has 0 aromatic heterocycles. The normalized spacial score (nSPS) is 19.3. The maximum absolute atomic E-state index is 13.1. The molecule has 1 aliphatic heterocycles. The molecule has 1 saturated heterocycles. The van der Waals surface area contributed by atoms with Crippen LogP contribution in [0.2, 0.25) is 0 Å². The van der Waals surface area contributed by atoms with Crippen LogP contribution in [0.3, 0.4) is 0 Å². The zero-order chi connectivity index (χ0) is 22.5. The molecular weight excluding hydrogens is 408 g/mol. The smallest absolute Gasteiger partial charge is 0.325 e. The molecule has 1 unspecified atom stereocenters. The van der Waals surface area contributed by atoms with Gasteiger partial charge in [0.2, 0.25) is 10.0 Å².